The number of H-pyrrole nitrogens is 1. The monoisotopic (exact) mass is 246 g/mol. The third kappa shape index (κ3) is 2.06. The first-order valence-corrected chi connectivity index (χ1v) is 6.30. The molecule has 0 aliphatic carbocycles. The lowest BCUT2D eigenvalue weighted by Crippen LogP contribution is -2.24. The van der Waals surface area contributed by atoms with Crippen LogP contribution in [-0.2, 0) is 4.79 Å². The van der Waals surface area contributed by atoms with Gasteiger partial charge in [-0.3, -0.25) is 4.99 Å². The van der Waals surface area contributed by atoms with Gasteiger partial charge in [0.15, 0.2) is 6.04 Å². The zero-order valence-corrected chi connectivity index (χ0v) is 9.74. The minimum Gasteiger partial charge on any atom is -0.408 e. The highest BCUT2D eigenvalue weighted by Gasteiger charge is 2.22. The molecule has 86 valence electrons. The van der Waals surface area contributed by atoms with Gasteiger partial charge in [0.1, 0.15) is 0 Å². The summed E-state index contributed by atoms with van der Waals surface area (Å²) in [5.41, 5.74) is 2.65. The summed E-state index contributed by atoms with van der Waals surface area (Å²) >= 11 is 1.52. The third-order valence-corrected chi connectivity index (χ3v) is 3.34. The Morgan fingerprint density at radius 1 is 1.47 bits per heavy atom. The fraction of sp³-hybridized carbons (Fsp3) is 0.167. The predicted octanol–water partition coefficient (Wildman–Crippen LogP) is 2.22. The second-order valence-electron chi connectivity index (χ2n) is 3.75. The molecule has 0 saturated carbocycles. The number of esters is 1. The van der Waals surface area contributed by atoms with Gasteiger partial charge in [-0.15, -0.1) is 11.8 Å². The van der Waals surface area contributed by atoms with E-state index in [1.165, 1.54) is 11.8 Å². The van der Waals surface area contributed by atoms with Crippen molar-refractivity contribution in [3.05, 3.63) is 30.3 Å². The van der Waals surface area contributed by atoms with Crippen molar-refractivity contribution in [1.82, 2.24) is 4.98 Å². The van der Waals surface area contributed by atoms with Crippen molar-refractivity contribution in [2.75, 3.05) is 5.75 Å². The van der Waals surface area contributed by atoms with Crippen molar-refractivity contribution >= 4 is 34.2 Å². The molecule has 0 radical (unpaired) electrons. The van der Waals surface area contributed by atoms with Crippen LogP contribution in [0.3, 0.4) is 0 Å². The smallest absolute Gasteiger partial charge is 0.338 e. The lowest BCUT2D eigenvalue weighted by atomic mass is 10.3. The molecule has 1 unspecified atom stereocenters. The number of ether oxygens (including phenoxy) is 1. The summed E-state index contributed by atoms with van der Waals surface area (Å²) in [4.78, 5) is 18.8. The first kappa shape index (κ1) is 10.4. The summed E-state index contributed by atoms with van der Waals surface area (Å²) in [6.45, 7) is 0. The second-order valence-corrected chi connectivity index (χ2v) is 4.62. The molecule has 2 heterocycles. The summed E-state index contributed by atoms with van der Waals surface area (Å²) in [6.07, 6.45) is 0. The maximum atomic E-state index is 11.7. The summed E-state index contributed by atoms with van der Waals surface area (Å²) in [5, 5.41) is 1.03. The van der Waals surface area contributed by atoms with Gasteiger partial charge in [-0.1, -0.05) is 18.2 Å². The van der Waals surface area contributed by atoms with Crippen LogP contribution in [0.2, 0.25) is 0 Å². The molecule has 0 saturated heterocycles. The van der Waals surface area contributed by atoms with E-state index in [0.717, 1.165) is 10.9 Å². The Labute approximate surface area is 102 Å². The molecule has 1 aromatic carbocycles. The van der Waals surface area contributed by atoms with Gasteiger partial charge in [0.25, 0.3) is 0 Å². The van der Waals surface area contributed by atoms with Crippen LogP contribution in [0.25, 0.3) is 10.9 Å². The molecule has 1 aromatic heterocycles. The zero-order valence-electron chi connectivity index (χ0n) is 8.92. The summed E-state index contributed by atoms with van der Waals surface area (Å²) in [7, 11) is 0. The molecule has 2 aromatic rings. The van der Waals surface area contributed by atoms with Crippen LogP contribution in [0.5, 0.6) is 5.88 Å². The number of nitrogens with one attached hydrogen (secondary N) is 1. The number of benzene rings is 1. The molecule has 0 fully saturated rings. The highest BCUT2D eigenvalue weighted by atomic mass is 32.2. The number of aromatic amines is 1. The Balaban J connectivity index is 1.80. The Morgan fingerprint density at radius 2 is 2.35 bits per heavy atom. The predicted molar refractivity (Wildman–Crippen MR) is 68.7 cm³/mol. The molecule has 3 rings (SSSR count). The highest BCUT2D eigenvalue weighted by molar-refractivity contribution is 8.12. The summed E-state index contributed by atoms with van der Waals surface area (Å²) in [5.74, 6) is 0.833. The van der Waals surface area contributed by atoms with Crippen LogP contribution < -0.4 is 4.74 Å². The molecule has 1 atom stereocenters. The standard InChI is InChI=1S/C12H10N2O2S/c15-12(10-6-17-7-13-10)16-11-5-8-3-1-2-4-9(8)14-11/h1-5,7,10,14H,6H2. The maximum Gasteiger partial charge on any atom is 0.338 e. The van der Waals surface area contributed by atoms with Crippen LogP contribution in [0.15, 0.2) is 35.3 Å². The maximum absolute atomic E-state index is 11.7. The minimum atomic E-state index is -0.369. The molecular weight excluding hydrogens is 236 g/mol. The van der Waals surface area contributed by atoms with E-state index >= 15 is 0 Å². The largest absolute Gasteiger partial charge is 0.408 e. The molecule has 0 amide bonds. The first-order chi connectivity index (χ1) is 8.33. The number of fused-ring (bicyclic) bond motifs is 1. The molecule has 0 spiro atoms. The van der Waals surface area contributed by atoms with Gasteiger partial charge in [-0.25, -0.2) is 4.79 Å². The Kier molecular flexibility index (Phi) is 2.60. The number of thioether (sulfide) groups is 1. The number of carbonyl (C=O) groups excluding carboxylic acids is 1. The van der Waals surface area contributed by atoms with Crippen molar-refractivity contribution < 1.29 is 9.53 Å². The van der Waals surface area contributed by atoms with Crippen molar-refractivity contribution in [3.63, 3.8) is 0 Å². The molecule has 1 aliphatic heterocycles. The van der Waals surface area contributed by atoms with Crippen LogP contribution in [-0.4, -0.2) is 28.3 Å². The highest BCUT2D eigenvalue weighted by Crippen LogP contribution is 2.21. The quantitative estimate of drug-likeness (QED) is 0.827. The van der Waals surface area contributed by atoms with Gasteiger partial charge in [0.05, 0.1) is 5.55 Å². The van der Waals surface area contributed by atoms with E-state index < -0.39 is 0 Å². The topological polar surface area (TPSA) is 54.5 Å². The number of para-hydroxylation sites is 1. The number of aliphatic imine (C=N–C) groups is 1. The molecule has 0 bridgehead atoms. The average molecular weight is 246 g/mol. The van der Waals surface area contributed by atoms with E-state index in [2.05, 4.69) is 9.98 Å². The van der Waals surface area contributed by atoms with Gasteiger partial charge in [0.2, 0.25) is 5.88 Å². The van der Waals surface area contributed by atoms with Gasteiger partial charge in [0, 0.05) is 22.7 Å². The number of nitrogens with zero attached hydrogens (tertiary/aromatic N) is 1. The fourth-order valence-electron chi connectivity index (χ4n) is 1.70. The molecule has 17 heavy (non-hydrogen) atoms. The van der Waals surface area contributed by atoms with Gasteiger partial charge in [-0.05, 0) is 6.07 Å². The van der Waals surface area contributed by atoms with Crippen molar-refractivity contribution in [1.29, 1.82) is 0 Å². The Hall–Kier alpha value is -1.75. The fourth-order valence-corrected chi connectivity index (χ4v) is 2.42. The summed E-state index contributed by atoms with van der Waals surface area (Å²) in [6, 6.07) is 9.23. The van der Waals surface area contributed by atoms with E-state index in [4.69, 9.17) is 4.74 Å². The average Bonchev–Trinajstić information content (AvgIpc) is 2.97. The molecule has 1 N–H and O–H groups in total. The van der Waals surface area contributed by atoms with Crippen molar-refractivity contribution in [2.24, 2.45) is 4.99 Å². The normalized spacial score (nSPS) is 18.7. The zero-order chi connectivity index (χ0) is 11.7. The molecule has 1 aliphatic rings. The SMILES string of the molecule is O=C(Oc1cc2ccccc2[nH]1)C1CSC=N1. The number of carbonyl (C=O) groups is 1. The minimum absolute atomic E-state index is 0.308. The number of rotatable bonds is 2. The molecular formula is C12H10N2O2S. The van der Waals surface area contributed by atoms with Crippen molar-refractivity contribution in [2.45, 2.75) is 6.04 Å². The lowest BCUT2D eigenvalue weighted by Gasteiger charge is -2.04. The van der Waals surface area contributed by atoms with E-state index in [0.29, 0.717) is 11.6 Å². The van der Waals surface area contributed by atoms with Crippen molar-refractivity contribution in [3.8, 4) is 5.88 Å². The van der Waals surface area contributed by atoms with Crippen LogP contribution in [0.4, 0.5) is 0 Å². The van der Waals surface area contributed by atoms with Gasteiger partial charge in [-0.2, -0.15) is 0 Å². The van der Waals surface area contributed by atoms with E-state index in [1.807, 2.05) is 30.3 Å². The van der Waals surface area contributed by atoms with E-state index in [-0.39, 0.29) is 12.0 Å². The van der Waals surface area contributed by atoms with Crippen LogP contribution in [0, 0.1) is 0 Å². The molecule has 5 heteroatoms. The third-order valence-electron chi connectivity index (χ3n) is 2.56. The summed E-state index contributed by atoms with van der Waals surface area (Å²) < 4.78 is 5.26. The first-order valence-electron chi connectivity index (χ1n) is 5.25. The van der Waals surface area contributed by atoms with E-state index in [9.17, 15) is 4.79 Å². The number of aromatic nitrogens is 1. The van der Waals surface area contributed by atoms with Crippen LogP contribution in [0.1, 0.15) is 0 Å². The number of hydrogen-bond donors (Lipinski definition) is 1. The molecule has 4 nitrogen and oxygen atoms in total. The van der Waals surface area contributed by atoms with Crippen LogP contribution >= 0.6 is 11.8 Å². The van der Waals surface area contributed by atoms with Gasteiger partial charge < -0.3 is 9.72 Å². The number of hydrogen-bond acceptors (Lipinski definition) is 4. The Morgan fingerprint density at radius 3 is 3.12 bits per heavy atom. The van der Waals surface area contributed by atoms with Gasteiger partial charge >= 0.3 is 5.97 Å². The second kappa shape index (κ2) is 4.25. The lowest BCUT2D eigenvalue weighted by molar-refractivity contribution is -0.135. The van der Waals surface area contributed by atoms with E-state index in [1.54, 1.807) is 5.55 Å². The Bertz CT molecular complexity index is 558.